The van der Waals surface area contributed by atoms with E-state index in [0.29, 0.717) is 45.1 Å². The molecule has 4 aromatic heterocycles. The van der Waals surface area contributed by atoms with Crippen LogP contribution in [0.4, 0.5) is 11.4 Å². The van der Waals surface area contributed by atoms with Crippen LogP contribution in [0.5, 0.6) is 0 Å². The van der Waals surface area contributed by atoms with Crippen LogP contribution >= 0.6 is 15.9 Å². The second-order valence-electron chi connectivity index (χ2n) is 24.0. The smallest absolute Gasteiger partial charge is 0.335 e. The lowest BCUT2D eigenvalue weighted by molar-refractivity contribution is -0.384. The van der Waals surface area contributed by atoms with Gasteiger partial charge in [0.05, 0.1) is 33.5 Å². The number of carboxylic acid groups (broad SMARTS) is 1. The van der Waals surface area contributed by atoms with Crippen LogP contribution in [0.3, 0.4) is 0 Å². The van der Waals surface area contributed by atoms with Gasteiger partial charge in [0.15, 0.2) is 0 Å². The van der Waals surface area contributed by atoms with Crippen molar-refractivity contribution in [2.24, 2.45) is 0 Å². The summed E-state index contributed by atoms with van der Waals surface area (Å²) in [5.41, 5.74) is 20.8. The van der Waals surface area contributed by atoms with Crippen molar-refractivity contribution in [3.63, 3.8) is 0 Å². The van der Waals surface area contributed by atoms with Gasteiger partial charge in [0.25, 0.3) is 46.2 Å². The quantitative estimate of drug-likeness (QED) is 0.00996. The molecule has 4 aromatic carbocycles. The fourth-order valence-corrected chi connectivity index (χ4v) is 15.3. The number of aromatic amines is 4. The molecule has 0 fully saturated rings. The highest BCUT2D eigenvalue weighted by molar-refractivity contribution is 9.10. The van der Waals surface area contributed by atoms with E-state index in [0.717, 1.165) is 165 Å². The molecule has 26 nitrogen and oxygen atoms in total. The van der Waals surface area contributed by atoms with Crippen molar-refractivity contribution < 1.29 is 66.7 Å². The van der Waals surface area contributed by atoms with Gasteiger partial charge in [-0.15, -0.1) is 0 Å². The largest absolute Gasteiger partial charge is 0.478 e. The van der Waals surface area contributed by atoms with E-state index in [2.05, 4.69) is 67.6 Å². The molecule has 0 saturated heterocycles. The number of anilines is 1. The van der Waals surface area contributed by atoms with Gasteiger partial charge in [-0.25, -0.2) is 4.79 Å². The standard InChI is InChI=1S/C16H20N2O5S.C15H19BrN2O3S.C15H19N3O5S.C15H21N3O3S/c19-16(20)11-3-4-14-13(9-11)12-5-7-18(10-15(12)17-14)6-1-2-8-24(21,22)23;16-11-3-4-14-13(9-11)12-5-7-18(10-15(12)17-14)6-1-2-8-22(19,20)21;19-18(20)11-3-4-14-13(9-11)12-5-7-17(10-15(12)16-14)6-1-2-8-24(21,22)23;16-11-3-4-14-13(9-11)12-5-7-18(10-15(12)17-14)6-1-2-8-22(19,20)21/h3-4,9,17H,1-2,5-8,10H2,(H,19,20)(H,21,22,23);3-4,9,17H,1-2,5-8,10H2,(H,19,20,21);3-4,9,16H,1-2,5-8,10H2,(H,21,22,23);3-4,9,17H,1-2,5-8,10,16H2,(H,19,20,21). The summed E-state index contributed by atoms with van der Waals surface area (Å²) in [6.45, 7) is 10.00. The van der Waals surface area contributed by atoms with Gasteiger partial charge in [0.2, 0.25) is 0 Å². The second kappa shape index (κ2) is 30.4. The highest BCUT2D eigenvalue weighted by Gasteiger charge is 2.26. The predicted molar refractivity (Wildman–Crippen MR) is 357 cm³/mol. The Morgan fingerprint density at radius 3 is 1.13 bits per heavy atom. The van der Waals surface area contributed by atoms with E-state index >= 15 is 0 Å². The van der Waals surface area contributed by atoms with Crippen LogP contribution in [0.1, 0.15) is 107 Å². The van der Waals surface area contributed by atoms with Crippen LogP contribution in [0, 0.1) is 10.1 Å². The lowest BCUT2D eigenvalue weighted by atomic mass is 10.0. The number of hydrogen-bond acceptors (Lipinski definition) is 16. The Bertz CT molecular complexity index is 4160. The van der Waals surface area contributed by atoms with Crippen LogP contribution in [0.25, 0.3) is 43.6 Å². The number of hydrogen-bond donors (Lipinski definition) is 10. The number of rotatable bonds is 22. The molecule has 0 aliphatic carbocycles. The molecule has 500 valence electrons. The summed E-state index contributed by atoms with van der Waals surface area (Å²) in [6, 6.07) is 22.2. The Labute approximate surface area is 542 Å². The minimum Gasteiger partial charge on any atom is -0.478 e. The van der Waals surface area contributed by atoms with Crippen molar-refractivity contribution in [2.45, 2.75) is 103 Å². The van der Waals surface area contributed by atoms with Gasteiger partial charge < -0.3 is 30.8 Å². The van der Waals surface area contributed by atoms with Gasteiger partial charge in [-0.05, 0) is 186 Å². The number of halogens is 1. The molecule has 8 aromatic rings. The third-order valence-corrected chi connectivity index (χ3v) is 20.9. The Morgan fingerprint density at radius 1 is 0.467 bits per heavy atom. The fourth-order valence-electron chi connectivity index (χ4n) is 12.7. The topological polar surface area (TPSA) is 400 Å². The van der Waals surface area contributed by atoms with Crippen molar-refractivity contribution in [3.05, 3.63) is 138 Å². The van der Waals surface area contributed by atoms with Gasteiger partial charge in [-0.1, -0.05) is 15.9 Å². The summed E-state index contributed by atoms with van der Waals surface area (Å²) in [5.74, 6) is -1.63. The molecule has 0 saturated carbocycles. The number of unbranched alkanes of at least 4 members (excludes halogenated alkanes) is 4. The van der Waals surface area contributed by atoms with Crippen molar-refractivity contribution >= 4 is 117 Å². The molecule has 0 spiro atoms. The highest BCUT2D eigenvalue weighted by atomic mass is 79.9. The zero-order chi connectivity index (χ0) is 66.1. The molecule has 0 bridgehead atoms. The number of non-ortho nitro benzene ring substituents is 1. The number of nitrogens with zero attached hydrogens (tertiary/aromatic N) is 5. The Kier molecular flexibility index (Phi) is 23.1. The summed E-state index contributed by atoms with van der Waals surface area (Å²) >= 11 is 3.52. The molecule has 8 heterocycles. The number of nitro benzene ring substituents is 1. The van der Waals surface area contributed by atoms with Crippen molar-refractivity contribution in [1.82, 2.24) is 39.5 Å². The number of nitrogens with two attached hydrogens (primary N) is 1. The molecular formula is C61H79BrN10O16S4. The van der Waals surface area contributed by atoms with Crippen LogP contribution in [-0.4, -0.2) is 183 Å². The number of aromatic carboxylic acids is 1. The van der Waals surface area contributed by atoms with Gasteiger partial charge in [-0.2, -0.15) is 33.7 Å². The molecule has 4 aliphatic rings. The molecule has 12 rings (SSSR count). The molecular weight excluding hydrogens is 1340 g/mol. The third-order valence-electron chi connectivity index (χ3n) is 17.2. The average molecular weight is 1420 g/mol. The van der Waals surface area contributed by atoms with E-state index in [9.17, 15) is 48.6 Å². The maximum absolute atomic E-state index is 11.1. The van der Waals surface area contributed by atoms with Gasteiger partial charge in [-0.3, -0.25) is 47.9 Å². The van der Waals surface area contributed by atoms with E-state index in [-0.39, 0.29) is 39.2 Å². The number of aromatic nitrogens is 4. The monoisotopic (exact) mass is 1410 g/mol. The zero-order valence-corrected chi connectivity index (χ0v) is 55.6. The molecule has 0 amide bonds. The van der Waals surface area contributed by atoms with Crippen LogP contribution in [-0.2, 0) is 92.3 Å². The first-order valence-electron chi connectivity index (χ1n) is 30.5. The van der Waals surface area contributed by atoms with Crippen molar-refractivity contribution in [2.75, 3.05) is 81.1 Å². The first-order chi connectivity index (χ1) is 43.5. The SMILES string of the molecule is Nc1ccc2[nH]c3c(c2c1)CCN(CCCCS(=O)(=O)O)C3.O=C(O)c1ccc2[nH]c3c(c2c1)CCN(CCCCS(=O)(=O)O)C3.O=S(=O)(O)CCCCN1CCc2c([nH]c3ccc(Br)cc23)C1.O=[N+]([O-])c1ccc2[nH]c3c(c2c1)CCN(CCCCS(=O)(=O)O)C3. The van der Waals surface area contributed by atoms with Crippen LogP contribution in [0.15, 0.2) is 77.3 Å². The number of benzene rings is 4. The number of nitro groups is 1. The summed E-state index contributed by atoms with van der Waals surface area (Å²) in [5, 5.41) is 24.4. The first-order valence-corrected chi connectivity index (χ1v) is 37.8. The molecule has 4 aliphatic heterocycles. The number of carbonyl (C=O) groups is 1. The number of carboxylic acids is 1. The third kappa shape index (κ3) is 19.9. The summed E-state index contributed by atoms with van der Waals surface area (Å²) < 4.78 is 122. The average Bonchev–Trinajstić information content (AvgIpc) is 1.77. The molecule has 0 unspecified atom stereocenters. The Hall–Kier alpha value is -6.33. The summed E-state index contributed by atoms with van der Waals surface area (Å²) in [6.07, 6.45) is 8.42. The first kappa shape index (κ1) is 70.0. The molecule has 31 heteroatoms. The Morgan fingerprint density at radius 2 is 0.783 bits per heavy atom. The summed E-state index contributed by atoms with van der Waals surface area (Å²) in [7, 11) is -15.4. The van der Waals surface area contributed by atoms with Gasteiger partial charge in [0.1, 0.15) is 0 Å². The van der Waals surface area contributed by atoms with E-state index < -0.39 is 46.4 Å². The van der Waals surface area contributed by atoms with E-state index in [1.807, 2.05) is 24.3 Å². The fraction of sp³-hybridized carbons (Fsp3) is 0.459. The highest BCUT2D eigenvalue weighted by Crippen LogP contribution is 2.34. The van der Waals surface area contributed by atoms with Crippen molar-refractivity contribution in [1.29, 1.82) is 0 Å². The lowest BCUT2D eigenvalue weighted by Gasteiger charge is -2.26. The predicted octanol–water partition coefficient (Wildman–Crippen LogP) is 8.73. The summed E-state index contributed by atoms with van der Waals surface area (Å²) in [4.78, 5) is 44.4. The molecule has 0 atom stereocenters. The van der Waals surface area contributed by atoms with E-state index in [1.165, 1.54) is 50.4 Å². The molecule has 11 N–H and O–H groups in total. The molecule has 0 radical (unpaired) electrons. The number of H-pyrrole nitrogens is 4. The minimum atomic E-state index is -3.88. The van der Waals surface area contributed by atoms with E-state index in [4.69, 9.17) is 29.1 Å². The molecule has 92 heavy (non-hydrogen) atoms. The maximum atomic E-state index is 11.1. The second-order valence-corrected chi connectivity index (χ2v) is 31.2. The van der Waals surface area contributed by atoms with E-state index in [1.54, 1.807) is 30.3 Å². The lowest BCUT2D eigenvalue weighted by Crippen LogP contribution is -2.31. The number of nitrogen functional groups attached to an aromatic ring is 1. The minimum absolute atomic E-state index is 0.0944. The Balaban J connectivity index is 0.000000145. The number of fused-ring (bicyclic) bond motifs is 12. The van der Waals surface area contributed by atoms with Crippen LogP contribution in [0.2, 0.25) is 0 Å². The van der Waals surface area contributed by atoms with Gasteiger partial charge >= 0.3 is 5.97 Å². The van der Waals surface area contributed by atoms with Crippen LogP contribution < -0.4 is 5.73 Å². The van der Waals surface area contributed by atoms with Gasteiger partial charge in [0, 0.05) is 141 Å². The maximum Gasteiger partial charge on any atom is 0.335 e. The van der Waals surface area contributed by atoms with Crippen molar-refractivity contribution in [3.8, 4) is 0 Å². The number of nitrogens with one attached hydrogen (secondary N) is 4. The normalized spacial score (nSPS) is 15.8. The zero-order valence-electron chi connectivity index (χ0n) is 50.8.